The van der Waals surface area contributed by atoms with E-state index in [0.717, 1.165) is 39.0 Å². The zero-order valence-electron chi connectivity index (χ0n) is 12.9. The van der Waals surface area contributed by atoms with Gasteiger partial charge in [0.2, 0.25) is 0 Å². The van der Waals surface area contributed by atoms with Crippen LogP contribution >= 0.6 is 0 Å². The molecule has 1 fully saturated rings. The van der Waals surface area contributed by atoms with E-state index in [1.165, 1.54) is 6.42 Å². The molecule has 5 heteroatoms. The fourth-order valence-corrected chi connectivity index (χ4v) is 2.66. The van der Waals surface area contributed by atoms with E-state index in [1.807, 2.05) is 13.8 Å². The van der Waals surface area contributed by atoms with Crippen molar-refractivity contribution in [1.82, 2.24) is 9.80 Å². The molecule has 3 N–H and O–H groups in total. The summed E-state index contributed by atoms with van der Waals surface area (Å²) in [6.45, 7) is 10.9. The Kier molecular flexibility index (Phi) is 6.07. The summed E-state index contributed by atoms with van der Waals surface area (Å²) in [7, 11) is 2.22. The third-order valence-electron chi connectivity index (χ3n) is 4.41. The average molecular weight is 270 g/mol. The van der Waals surface area contributed by atoms with Crippen molar-refractivity contribution in [2.75, 3.05) is 33.2 Å². The first-order valence-electron chi connectivity index (χ1n) is 7.31. The second kappa shape index (κ2) is 7.10. The molecule has 1 saturated heterocycles. The first-order valence-corrected chi connectivity index (χ1v) is 7.31. The van der Waals surface area contributed by atoms with Crippen molar-refractivity contribution in [2.24, 2.45) is 16.3 Å². The van der Waals surface area contributed by atoms with Crippen LogP contribution in [0.4, 0.5) is 0 Å². The summed E-state index contributed by atoms with van der Waals surface area (Å²) >= 11 is 0. The van der Waals surface area contributed by atoms with E-state index in [4.69, 9.17) is 10.9 Å². The number of hydrogen-bond donors (Lipinski definition) is 2. The summed E-state index contributed by atoms with van der Waals surface area (Å²) < 4.78 is 0. The molecule has 0 saturated carbocycles. The van der Waals surface area contributed by atoms with E-state index in [0.29, 0.717) is 11.9 Å². The first-order chi connectivity index (χ1) is 8.90. The normalized spacial score (nSPS) is 23.8. The highest BCUT2D eigenvalue weighted by Gasteiger charge is 2.25. The summed E-state index contributed by atoms with van der Waals surface area (Å²) in [5.41, 5.74) is 5.49. The molecular weight excluding hydrogens is 240 g/mol. The monoisotopic (exact) mass is 270 g/mol. The van der Waals surface area contributed by atoms with Crippen LogP contribution in [0.3, 0.4) is 0 Å². The van der Waals surface area contributed by atoms with Gasteiger partial charge in [-0.1, -0.05) is 25.9 Å². The van der Waals surface area contributed by atoms with Crippen LogP contribution in [0.1, 0.15) is 40.0 Å². The van der Waals surface area contributed by atoms with Gasteiger partial charge in [-0.05, 0) is 32.9 Å². The fraction of sp³-hybridized carbons (Fsp3) is 0.929. The summed E-state index contributed by atoms with van der Waals surface area (Å²) in [4.78, 5) is 4.99. The summed E-state index contributed by atoms with van der Waals surface area (Å²) in [5, 5.41) is 11.9. The van der Waals surface area contributed by atoms with Gasteiger partial charge in [0.25, 0.3) is 0 Å². The molecule has 1 atom stereocenters. The Hall–Kier alpha value is -0.810. The highest BCUT2D eigenvalue weighted by atomic mass is 16.4. The smallest absolute Gasteiger partial charge is 0.144 e. The molecule has 0 aromatic rings. The Labute approximate surface area is 117 Å². The van der Waals surface area contributed by atoms with Crippen LogP contribution < -0.4 is 5.73 Å². The van der Waals surface area contributed by atoms with Crippen LogP contribution in [0.5, 0.6) is 0 Å². The van der Waals surface area contributed by atoms with Crippen LogP contribution in [0.2, 0.25) is 0 Å². The van der Waals surface area contributed by atoms with Crippen molar-refractivity contribution < 1.29 is 5.21 Å². The molecule has 112 valence electrons. The number of nitrogens with zero attached hydrogens (tertiary/aromatic N) is 3. The third kappa shape index (κ3) is 4.66. The van der Waals surface area contributed by atoms with Gasteiger partial charge in [0, 0.05) is 31.1 Å². The number of oxime groups is 1. The van der Waals surface area contributed by atoms with Crippen molar-refractivity contribution in [3.63, 3.8) is 0 Å². The maximum Gasteiger partial charge on any atom is 0.144 e. The number of rotatable bonds is 6. The van der Waals surface area contributed by atoms with Gasteiger partial charge in [0.05, 0.1) is 0 Å². The van der Waals surface area contributed by atoms with Gasteiger partial charge >= 0.3 is 0 Å². The van der Waals surface area contributed by atoms with Crippen LogP contribution in [0, 0.1) is 5.41 Å². The number of likely N-dealkylation sites (N-methyl/N-ethyl adjacent to an activating group) is 1. The number of hydrogen-bond acceptors (Lipinski definition) is 4. The predicted molar refractivity (Wildman–Crippen MR) is 79.6 cm³/mol. The highest BCUT2D eigenvalue weighted by Crippen LogP contribution is 2.23. The third-order valence-corrected chi connectivity index (χ3v) is 4.41. The Morgan fingerprint density at radius 2 is 2.11 bits per heavy atom. The molecule has 1 unspecified atom stereocenters. The maximum atomic E-state index is 8.76. The van der Waals surface area contributed by atoms with Crippen molar-refractivity contribution in [3.05, 3.63) is 0 Å². The van der Waals surface area contributed by atoms with E-state index < -0.39 is 0 Å². The van der Waals surface area contributed by atoms with Crippen LogP contribution in [-0.2, 0) is 0 Å². The molecule has 0 spiro atoms. The average Bonchev–Trinajstić information content (AvgIpc) is 2.39. The van der Waals surface area contributed by atoms with E-state index >= 15 is 0 Å². The molecule has 0 radical (unpaired) electrons. The first kappa shape index (κ1) is 16.2. The van der Waals surface area contributed by atoms with Gasteiger partial charge in [-0.15, -0.1) is 0 Å². The lowest BCUT2D eigenvalue weighted by molar-refractivity contribution is 0.0907. The minimum atomic E-state index is -0.217. The summed E-state index contributed by atoms with van der Waals surface area (Å²) in [6, 6.07) is 0.686. The van der Waals surface area contributed by atoms with E-state index in [9.17, 15) is 0 Å². The molecule has 5 nitrogen and oxygen atoms in total. The molecule has 19 heavy (non-hydrogen) atoms. The SMILES string of the molecule is CCC1CN(CCCC(C)(C)C(N)=NO)CCN1C. The minimum Gasteiger partial charge on any atom is -0.409 e. The van der Waals surface area contributed by atoms with Crippen molar-refractivity contribution in [3.8, 4) is 0 Å². The van der Waals surface area contributed by atoms with Crippen molar-refractivity contribution in [2.45, 2.75) is 46.1 Å². The lowest BCUT2D eigenvalue weighted by Crippen LogP contribution is -2.51. The Bertz CT molecular complexity index is 304. The summed E-state index contributed by atoms with van der Waals surface area (Å²) in [5.74, 6) is 0.331. The number of piperazine rings is 1. The Morgan fingerprint density at radius 1 is 1.42 bits per heavy atom. The van der Waals surface area contributed by atoms with E-state index in [2.05, 4.69) is 28.9 Å². The molecule has 0 bridgehead atoms. The number of amidine groups is 1. The highest BCUT2D eigenvalue weighted by molar-refractivity contribution is 5.85. The molecule has 0 aromatic heterocycles. The largest absolute Gasteiger partial charge is 0.409 e. The fourth-order valence-electron chi connectivity index (χ4n) is 2.66. The Morgan fingerprint density at radius 3 is 2.68 bits per heavy atom. The van der Waals surface area contributed by atoms with Gasteiger partial charge in [-0.2, -0.15) is 0 Å². The van der Waals surface area contributed by atoms with Crippen LogP contribution in [0.15, 0.2) is 5.16 Å². The molecule has 1 aliphatic heterocycles. The molecule has 1 aliphatic rings. The van der Waals surface area contributed by atoms with Gasteiger partial charge in [0.15, 0.2) is 0 Å². The topological polar surface area (TPSA) is 65.1 Å². The lowest BCUT2D eigenvalue weighted by Gasteiger charge is -2.39. The van der Waals surface area contributed by atoms with Gasteiger partial charge in [-0.25, -0.2) is 0 Å². The zero-order chi connectivity index (χ0) is 14.5. The quantitative estimate of drug-likeness (QED) is 0.333. The molecular formula is C14H30N4O. The minimum absolute atomic E-state index is 0.217. The second-order valence-corrected chi connectivity index (χ2v) is 6.32. The zero-order valence-corrected chi connectivity index (χ0v) is 12.9. The van der Waals surface area contributed by atoms with Gasteiger partial charge in [-0.3, -0.25) is 0 Å². The van der Waals surface area contributed by atoms with E-state index in [1.54, 1.807) is 0 Å². The standard InChI is InChI=1S/C14H30N4O/c1-5-12-11-18(10-9-17(12)4)8-6-7-14(2,3)13(15)16-19/h12,19H,5-11H2,1-4H3,(H2,15,16). The number of nitrogens with two attached hydrogens (primary N) is 1. The summed E-state index contributed by atoms with van der Waals surface area (Å²) in [6.07, 6.45) is 3.25. The van der Waals surface area contributed by atoms with Crippen molar-refractivity contribution in [1.29, 1.82) is 0 Å². The molecule has 1 rings (SSSR count). The maximum absolute atomic E-state index is 8.76. The van der Waals surface area contributed by atoms with Gasteiger partial charge < -0.3 is 20.7 Å². The van der Waals surface area contributed by atoms with Gasteiger partial charge in [0.1, 0.15) is 5.84 Å². The molecule has 0 aliphatic carbocycles. The molecule has 0 amide bonds. The molecule has 1 heterocycles. The van der Waals surface area contributed by atoms with Crippen LogP contribution in [0.25, 0.3) is 0 Å². The molecule has 0 aromatic carbocycles. The van der Waals surface area contributed by atoms with Crippen molar-refractivity contribution >= 4 is 5.84 Å². The Balaban J connectivity index is 2.34. The predicted octanol–water partition coefficient (Wildman–Crippen LogP) is 1.57. The van der Waals surface area contributed by atoms with Crippen LogP contribution in [-0.4, -0.2) is 60.1 Å². The van der Waals surface area contributed by atoms with E-state index in [-0.39, 0.29) is 5.41 Å². The lowest BCUT2D eigenvalue weighted by atomic mass is 9.86. The second-order valence-electron chi connectivity index (χ2n) is 6.32.